The molecule has 0 aliphatic carbocycles. The van der Waals surface area contributed by atoms with E-state index < -0.39 is 10.4 Å². The summed E-state index contributed by atoms with van der Waals surface area (Å²) in [5.41, 5.74) is 0. The fourth-order valence-electron chi connectivity index (χ4n) is 1.04. The molecule has 116 valence electrons. The van der Waals surface area contributed by atoms with Crippen molar-refractivity contribution in [2.24, 2.45) is 0 Å². The summed E-state index contributed by atoms with van der Waals surface area (Å²) in [6, 6.07) is 10.3. The Morgan fingerprint density at radius 2 is 1.14 bits per heavy atom. The first-order valence-corrected chi connectivity index (χ1v) is 8.63. The van der Waals surface area contributed by atoms with E-state index >= 15 is 0 Å². The average Bonchev–Trinajstić information content (AvgIpc) is 2.37. The van der Waals surface area contributed by atoms with Gasteiger partial charge in [-0.05, 0) is 12.1 Å². The standard InChI is InChI=1S/C10H8N2O2S2.H2O4S.Sn/c13-11-7-3-1-5-9(11)15-16-10-6-2-4-8-12(10)14;1-5(2,3)4;/h1-8H;(H2,1,2,3,4);/q;;+2/p-2. The summed E-state index contributed by atoms with van der Waals surface area (Å²) in [4.78, 5) is 0. The predicted molar refractivity (Wildman–Crippen MR) is 78.7 cm³/mol. The second-order valence-electron chi connectivity index (χ2n) is 3.30. The molecule has 12 heteroatoms. The van der Waals surface area contributed by atoms with Crippen molar-refractivity contribution in [2.45, 2.75) is 10.1 Å². The van der Waals surface area contributed by atoms with Gasteiger partial charge in [0, 0.05) is 56.3 Å². The van der Waals surface area contributed by atoms with Crippen molar-refractivity contribution < 1.29 is 27.0 Å². The van der Waals surface area contributed by atoms with Crippen LogP contribution in [0, 0.1) is 10.4 Å². The minimum atomic E-state index is -5.17. The van der Waals surface area contributed by atoms with Gasteiger partial charge in [-0.15, -0.1) is 0 Å². The Kier molecular flexibility index (Phi) is 9.78. The molecule has 0 N–H and O–H groups in total. The molecule has 2 aromatic heterocycles. The molecule has 2 heterocycles. The third kappa shape index (κ3) is 9.32. The Balaban J connectivity index is 0.000000644. The van der Waals surface area contributed by atoms with Crippen LogP contribution in [-0.4, -0.2) is 41.4 Å². The molecule has 0 atom stereocenters. The van der Waals surface area contributed by atoms with Crippen molar-refractivity contribution in [3.8, 4) is 0 Å². The third-order valence-corrected chi connectivity index (χ3v) is 4.12. The SMILES string of the molecule is O=S(=O)([O-])[O-].[O-][n+]1ccccc1SSc1cccc[n+]1[O-].[Sn+2]. The fraction of sp³-hybridized carbons (Fsp3) is 0. The quantitative estimate of drug-likeness (QED) is 0.154. The second kappa shape index (κ2) is 10.1. The van der Waals surface area contributed by atoms with Crippen LogP contribution in [0.3, 0.4) is 0 Å². The Labute approximate surface area is 151 Å². The third-order valence-electron chi connectivity index (χ3n) is 1.79. The maximum absolute atomic E-state index is 11.3. The molecule has 22 heavy (non-hydrogen) atoms. The van der Waals surface area contributed by atoms with Crippen molar-refractivity contribution in [2.75, 3.05) is 0 Å². The minimum Gasteiger partial charge on any atom is -0.759 e. The maximum atomic E-state index is 11.3. The van der Waals surface area contributed by atoms with Gasteiger partial charge in [-0.2, -0.15) is 9.46 Å². The van der Waals surface area contributed by atoms with Gasteiger partial charge in [-0.3, -0.25) is 8.42 Å². The molecule has 2 aromatic rings. The first kappa shape index (κ1) is 21.3. The molecular formula is C10H8N2O6S3Sn. The largest absolute Gasteiger partial charge is 2.00 e. The summed E-state index contributed by atoms with van der Waals surface area (Å²) in [6.45, 7) is 0. The molecule has 0 unspecified atom stereocenters. The van der Waals surface area contributed by atoms with Gasteiger partial charge in [0.05, 0.1) is 0 Å². The summed E-state index contributed by atoms with van der Waals surface area (Å²) in [7, 11) is -2.65. The van der Waals surface area contributed by atoms with Crippen LogP contribution >= 0.6 is 21.6 Å². The van der Waals surface area contributed by atoms with Crippen LogP contribution in [0.25, 0.3) is 0 Å². The van der Waals surface area contributed by atoms with E-state index in [-0.39, 0.29) is 23.9 Å². The minimum absolute atomic E-state index is 0. The molecule has 0 bridgehead atoms. The number of aromatic nitrogens is 2. The van der Waals surface area contributed by atoms with Crippen LogP contribution < -0.4 is 9.46 Å². The fourth-order valence-corrected chi connectivity index (χ4v) is 3.03. The van der Waals surface area contributed by atoms with Gasteiger partial charge in [0.1, 0.15) is 0 Å². The van der Waals surface area contributed by atoms with Gasteiger partial charge in [-0.25, -0.2) is 0 Å². The Hall–Kier alpha value is -0.731. The monoisotopic (exact) mass is 468 g/mol. The number of rotatable bonds is 3. The van der Waals surface area contributed by atoms with Crippen LogP contribution in [-0.2, 0) is 10.4 Å². The molecule has 2 rings (SSSR count). The summed E-state index contributed by atoms with van der Waals surface area (Å²) >= 11 is 0. The molecule has 0 aliphatic heterocycles. The van der Waals surface area contributed by atoms with Crippen LogP contribution in [0.2, 0.25) is 0 Å². The topological polar surface area (TPSA) is 134 Å². The van der Waals surface area contributed by atoms with Crippen molar-refractivity contribution in [3.05, 3.63) is 59.2 Å². The van der Waals surface area contributed by atoms with E-state index in [4.69, 9.17) is 17.5 Å². The zero-order valence-corrected chi connectivity index (χ0v) is 16.0. The van der Waals surface area contributed by atoms with E-state index in [0.29, 0.717) is 10.1 Å². The Bertz CT molecular complexity index is 647. The average molecular weight is 467 g/mol. The molecule has 0 aromatic carbocycles. The zero-order valence-electron chi connectivity index (χ0n) is 10.7. The normalized spacial score (nSPS) is 10.1. The zero-order chi connectivity index (χ0) is 15.9. The van der Waals surface area contributed by atoms with Crippen LogP contribution in [0.5, 0.6) is 0 Å². The molecule has 8 nitrogen and oxygen atoms in total. The molecule has 2 radical (unpaired) electrons. The molecule has 0 saturated heterocycles. The molecule has 0 amide bonds. The number of hydrogen-bond acceptors (Lipinski definition) is 8. The van der Waals surface area contributed by atoms with Crippen LogP contribution in [0.1, 0.15) is 0 Å². The molecular weight excluding hydrogens is 459 g/mol. The number of hydrogen-bond donors (Lipinski definition) is 0. The number of pyridine rings is 2. The number of nitrogens with zero attached hydrogens (tertiary/aromatic N) is 2. The first-order chi connectivity index (χ1) is 9.77. The summed E-state index contributed by atoms with van der Waals surface area (Å²) in [6.07, 6.45) is 2.86. The van der Waals surface area contributed by atoms with Crippen molar-refractivity contribution in [3.63, 3.8) is 0 Å². The van der Waals surface area contributed by atoms with Gasteiger partial charge >= 0.3 is 23.9 Å². The molecule has 0 spiro atoms. The van der Waals surface area contributed by atoms with Crippen LogP contribution in [0.15, 0.2) is 58.8 Å². The predicted octanol–water partition coefficient (Wildman–Crippen LogP) is 0.0340. The Morgan fingerprint density at radius 3 is 1.41 bits per heavy atom. The van der Waals surface area contributed by atoms with Gasteiger partial charge in [-0.1, -0.05) is 0 Å². The van der Waals surface area contributed by atoms with Gasteiger partial charge in [0.25, 0.3) is 10.1 Å². The second-order valence-corrected chi connectivity index (χ2v) is 6.29. The van der Waals surface area contributed by atoms with Gasteiger partial charge < -0.3 is 19.5 Å². The summed E-state index contributed by atoms with van der Waals surface area (Å²) in [5, 5.41) is 23.8. The van der Waals surface area contributed by atoms with Gasteiger partial charge in [0.2, 0.25) is 0 Å². The molecule has 0 saturated carbocycles. The van der Waals surface area contributed by atoms with E-state index in [9.17, 15) is 10.4 Å². The van der Waals surface area contributed by atoms with Crippen molar-refractivity contribution >= 4 is 55.9 Å². The van der Waals surface area contributed by atoms with E-state index in [2.05, 4.69) is 0 Å². The van der Waals surface area contributed by atoms with Crippen molar-refractivity contribution in [1.82, 2.24) is 0 Å². The van der Waals surface area contributed by atoms with Crippen molar-refractivity contribution in [1.29, 1.82) is 0 Å². The molecule has 0 aliphatic rings. The maximum Gasteiger partial charge on any atom is 2.00 e. The van der Waals surface area contributed by atoms with E-state index in [1.54, 1.807) is 36.4 Å². The van der Waals surface area contributed by atoms with Gasteiger partial charge in [0.15, 0.2) is 12.4 Å². The smallest absolute Gasteiger partial charge is 0.759 e. The first-order valence-electron chi connectivity index (χ1n) is 5.15. The van der Waals surface area contributed by atoms with E-state index in [1.807, 2.05) is 0 Å². The van der Waals surface area contributed by atoms with E-state index in [1.165, 1.54) is 34.0 Å². The summed E-state index contributed by atoms with van der Waals surface area (Å²) < 4.78 is 35.6. The Morgan fingerprint density at radius 1 is 0.818 bits per heavy atom. The van der Waals surface area contributed by atoms with E-state index in [0.717, 1.165) is 9.46 Å². The summed E-state index contributed by atoms with van der Waals surface area (Å²) in [5.74, 6) is 0. The van der Waals surface area contributed by atoms with Crippen LogP contribution in [0.4, 0.5) is 0 Å². The molecule has 0 fully saturated rings.